The van der Waals surface area contributed by atoms with Gasteiger partial charge in [0.05, 0.1) is 5.75 Å². The molecule has 0 unspecified atom stereocenters. The second kappa shape index (κ2) is 5.52. The van der Waals surface area contributed by atoms with Crippen molar-refractivity contribution in [1.29, 1.82) is 0 Å². The molecule has 0 atom stereocenters. The van der Waals surface area contributed by atoms with Gasteiger partial charge in [-0.05, 0) is 0 Å². The number of ether oxygens (including phenoxy) is 1. The van der Waals surface area contributed by atoms with E-state index in [4.69, 9.17) is 0 Å². The maximum Gasteiger partial charge on any atom is 0.329 e. The zero-order valence-corrected chi connectivity index (χ0v) is 6.07. The van der Waals surface area contributed by atoms with Crippen LogP contribution in [0.2, 0.25) is 0 Å². The van der Waals surface area contributed by atoms with Gasteiger partial charge in [-0.1, -0.05) is 12.8 Å². The molecule has 0 N–H and O–H groups in total. The van der Waals surface area contributed by atoms with Crippen molar-refractivity contribution in [3.05, 3.63) is 0 Å². The van der Waals surface area contributed by atoms with Crippen molar-refractivity contribution in [3.63, 3.8) is 0 Å². The normalized spacial score (nSPS) is 7.33. The number of esters is 1. The lowest BCUT2D eigenvalue weighted by Crippen LogP contribution is -1.99. The third-order valence-electron chi connectivity index (χ3n) is 0.543. The molecule has 0 radical (unpaired) electrons. The van der Waals surface area contributed by atoms with Crippen LogP contribution in [0.5, 0.6) is 0 Å². The van der Waals surface area contributed by atoms with Gasteiger partial charge in [0.15, 0.2) is 0 Å². The van der Waals surface area contributed by atoms with E-state index >= 15 is 0 Å². The molecule has 0 aliphatic carbocycles. The molecule has 0 amide bonds. The third kappa shape index (κ3) is 5.25. The average molecular weight is 144 g/mol. The van der Waals surface area contributed by atoms with E-state index in [0.717, 1.165) is 0 Å². The van der Waals surface area contributed by atoms with E-state index in [1.165, 1.54) is 0 Å². The maximum absolute atomic E-state index is 10.3. The van der Waals surface area contributed by atoms with Crippen LogP contribution in [0.15, 0.2) is 0 Å². The van der Waals surface area contributed by atoms with Crippen LogP contribution >= 0.6 is 12.6 Å². The molecule has 9 heavy (non-hydrogen) atoms. The van der Waals surface area contributed by atoms with Crippen molar-refractivity contribution in [2.24, 2.45) is 0 Å². The summed E-state index contributed by atoms with van der Waals surface area (Å²) in [4.78, 5) is 10.3. The number of carbonyl (C=O) groups is 1. The fourth-order valence-electron chi connectivity index (χ4n) is 0.197. The largest absolute Gasteiger partial charge is 0.372 e. The van der Waals surface area contributed by atoms with E-state index in [0.29, 0.717) is 6.42 Å². The van der Waals surface area contributed by atoms with Crippen LogP contribution < -0.4 is 0 Å². The highest BCUT2D eigenvalue weighted by Gasteiger charge is 1.92. The van der Waals surface area contributed by atoms with Crippen LogP contribution in [0.25, 0.3) is 0 Å². The molecule has 3 heteroatoms. The first-order valence-electron chi connectivity index (χ1n) is 2.59. The van der Waals surface area contributed by atoms with Crippen molar-refractivity contribution >= 4 is 18.6 Å². The van der Waals surface area contributed by atoms with Crippen LogP contribution in [-0.2, 0) is 9.53 Å². The van der Waals surface area contributed by atoms with Crippen molar-refractivity contribution < 1.29 is 9.53 Å². The fraction of sp³-hybridized carbons (Fsp3) is 0.500. The quantitative estimate of drug-likeness (QED) is 0.335. The molecular formula is C6H8O2S. The highest BCUT2D eigenvalue weighted by molar-refractivity contribution is 7.81. The summed E-state index contributed by atoms with van der Waals surface area (Å²) in [5, 5.41) is 0. The van der Waals surface area contributed by atoms with Crippen molar-refractivity contribution in [1.82, 2.24) is 0 Å². The summed E-state index contributed by atoms with van der Waals surface area (Å²) in [6.07, 6.45) is 2.93. The Morgan fingerprint density at radius 1 is 1.78 bits per heavy atom. The minimum Gasteiger partial charge on any atom is -0.372 e. The van der Waals surface area contributed by atoms with Crippen molar-refractivity contribution in [2.45, 2.75) is 13.3 Å². The van der Waals surface area contributed by atoms with Crippen LogP contribution in [0.1, 0.15) is 13.3 Å². The van der Waals surface area contributed by atoms with Gasteiger partial charge in [-0.3, -0.25) is 4.79 Å². The zero-order chi connectivity index (χ0) is 7.11. The first kappa shape index (κ1) is 8.38. The Kier molecular flexibility index (Phi) is 5.14. The number of rotatable bonds is 1. The smallest absolute Gasteiger partial charge is 0.329 e. The molecule has 2 nitrogen and oxygen atoms in total. The van der Waals surface area contributed by atoms with E-state index in [9.17, 15) is 4.79 Å². The molecular weight excluding hydrogens is 136 g/mol. The van der Waals surface area contributed by atoms with Crippen LogP contribution in [0, 0.1) is 12.0 Å². The highest BCUT2D eigenvalue weighted by Crippen LogP contribution is 1.79. The molecule has 0 saturated heterocycles. The molecule has 0 spiro atoms. The van der Waals surface area contributed by atoms with Crippen molar-refractivity contribution in [3.8, 4) is 12.0 Å². The van der Waals surface area contributed by atoms with Gasteiger partial charge in [-0.15, -0.1) is 0 Å². The maximum atomic E-state index is 10.3. The van der Waals surface area contributed by atoms with Gasteiger partial charge in [0.1, 0.15) is 6.11 Å². The van der Waals surface area contributed by atoms with E-state index in [1.54, 1.807) is 0 Å². The Morgan fingerprint density at radius 2 is 2.44 bits per heavy atom. The lowest BCUT2D eigenvalue weighted by atomic mass is 10.5. The second-order valence-corrected chi connectivity index (χ2v) is 1.58. The van der Waals surface area contributed by atoms with Gasteiger partial charge in [0.25, 0.3) is 0 Å². The SMILES string of the molecule is CCC#COC(=O)CS. The second-order valence-electron chi connectivity index (χ2n) is 1.26. The molecule has 0 aliphatic rings. The molecule has 0 aromatic heterocycles. The predicted octanol–water partition coefficient (Wildman–Crippen LogP) is 0.830. The van der Waals surface area contributed by atoms with Crippen LogP contribution in [0.4, 0.5) is 0 Å². The molecule has 0 aliphatic heterocycles. The Bertz CT molecular complexity index is 143. The Labute approximate surface area is 60.0 Å². The fourth-order valence-corrected chi connectivity index (χ4v) is 0.262. The van der Waals surface area contributed by atoms with Gasteiger partial charge in [-0.25, -0.2) is 0 Å². The van der Waals surface area contributed by atoms with Gasteiger partial charge >= 0.3 is 5.97 Å². The molecule has 0 heterocycles. The molecule has 0 saturated carbocycles. The van der Waals surface area contributed by atoms with E-state index in [1.807, 2.05) is 6.92 Å². The third-order valence-corrected chi connectivity index (χ3v) is 0.801. The van der Waals surface area contributed by atoms with E-state index < -0.39 is 5.97 Å². The highest BCUT2D eigenvalue weighted by atomic mass is 32.1. The molecule has 0 fully saturated rings. The van der Waals surface area contributed by atoms with E-state index in [-0.39, 0.29) is 5.75 Å². The number of thiol groups is 1. The zero-order valence-electron chi connectivity index (χ0n) is 5.18. The minimum absolute atomic E-state index is 0.0817. The van der Waals surface area contributed by atoms with Crippen molar-refractivity contribution in [2.75, 3.05) is 5.75 Å². The average Bonchev–Trinajstić information content (AvgIpc) is 1.89. The topological polar surface area (TPSA) is 26.3 Å². The monoisotopic (exact) mass is 144 g/mol. The van der Waals surface area contributed by atoms with Crippen LogP contribution in [0.3, 0.4) is 0 Å². The number of carbonyl (C=O) groups excluding carboxylic acids is 1. The summed E-state index contributed by atoms with van der Waals surface area (Å²) in [6.45, 7) is 1.88. The molecule has 0 bridgehead atoms. The summed E-state index contributed by atoms with van der Waals surface area (Å²) >= 11 is 3.68. The predicted molar refractivity (Wildman–Crippen MR) is 38.0 cm³/mol. The summed E-state index contributed by atoms with van der Waals surface area (Å²) in [6, 6.07) is 0. The summed E-state index contributed by atoms with van der Waals surface area (Å²) in [7, 11) is 0. The Balaban J connectivity index is 3.37. The lowest BCUT2D eigenvalue weighted by Gasteiger charge is -1.86. The first-order chi connectivity index (χ1) is 4.31. The summed E-state index contributed by atoms with van der Waals surface area (Å²) in [5.41, 5.74) is 0. The Hall–Kier alpha value is -0.620. The van der Waals surface area contributed by atoms with Gasteiger partial charge in [0.2, 0.25) is 0 Å². The molecule has 0 aromatic carbocycles. The van der Waals surface area contributed by atoms with Gasteiger partial charge in [0, 0.05) is 6.42 Å². The first-order valence-corrected chi connectivity index (χ1v) is 3.23. The Morgan fingerprint density at radius 3 is 2.89 bits per heavy atom. The van der Waals surface area contributed by atoms with Gasteiger partial charge in [-0.2, -0.15) is 12.6 Å². The molecule has 0 aromatic rings. The molecule has 0 rings (SSSR count). The molecule has 50 valence electrons. The standard InChI is InChI=1S/C6H8O2S/c1-2-3-4-8-6(7)5-9/h9H,2,5H2,1H3. The number of hydrogen-bond acceptors (Lipinski definition) is 3. The minimum atomic E-state index is -0.403. The van der Waals surface area contributed by atoms with Gasteiger partial charge < -0.3 is 4.74 Å². The summed E-state index contributed by atoms with van der Waals surface area (Å²) < 4.78 is 4.36. The van der Waals surface area contributed by atoms with E-state index in [2.05, 4.69) is 29.4 Å². The lowest BCUT2D eigenvalue weighted by molar-refractivity contribution is -0.133. The number of hydrogen-bond donors (Lipinski definition) is 1. The summed E-state index contributed by atoms with van der Waals surface area (Å²) in [5.74, 6) is 2.26. The van der Waals surface area contributed by atoms with Crippen LogP contribution in [-0.4, -0.2) is 11.7 Å².